The van der Waals surface area contributed by atoms with Crippen LogP contribution < -0.4 is 4.74 Å². The standard InChI is InChI=1S/C19H14OS2/c1-3-9-15(10-4-1)19(21-16-11-5-2-6-12-16)20-17-13-7-8-14-18(17)22-19/h1-14H. The molecule has 0 spiro atoms. The molecule has 3 aromatic carbocycles. The number of rotatable bonds is 3. The Morgan fingerprint density at radius 3 is 2.09 bits per heavy atom. The molecule has 0 aromatic heterocycles. The summed E-state index contributed by atoms with van der Waals surface area (Å²) in [6.07, 6.45) is 0. The van der Waals surface area contributed by atoms with Gasteiger partial charge in [-0.05, 0) is 24.3 Å². The summed E-state index contributed by atoms with van der Waals surface area (Å²) in [5.41, 5.74) is 1.17. The number of hydrogen-bond acceptors (Lipinski definition) is 3. The highest BCUT2D eigenvalue weighted by atomic mass is 32.2. The van der Waals surface area contributed by atoms with Crippen molar-refractivity contribution in [2.24, 2.45) is 0 Å². The number of para-hydroxylation sites is 1. The molecule has 1 aliphatic rings. The maximum absolute atomic E-state index is 6.41. The van der Waals surface area contributed by atoms with Crippen molar-refractivity contribution in [1.29, 1.82) is 0 Å². The van der Waals surface area contributed by atoms with E-state index in [1.807, 2.05) is 24.3 Å². The monoisotopic (exact) mass is 322 g/mol. The van der Waals surface area contributed by atoms with Crippen LogP contribution in [0.4, 0.5) is 0 Å². The predicted molar refractivity (Wildman–Crippen MR) is 93.3 cm³/mol. The first-order valence-corrected chi connectivity index (χ1v) is 8.76. The van der Waals surface area contributed by atoms with Crippen molar-refractivity contribution in [3.63, 3.8) is 0 Å². The van der Waals surface area contributed by atoms with E-state index in [1.165, 1.54) is 15.4 Å². The number of ether oxygens (including phenoxy) is 1. The van der Waals surface area contributed by atoms with Gasteiger partial charge in [-0.1, -0.05) is 84.2 Å². The Hall–Kier alpha value is -1.84. The molecule has 4 rings (SSSR count). The summed E-state index contributed by atoms with van der Waals surface area (Å²) in [5.74, 6) is 0.958. The zero-order valence-electron chi connectivity index (χ0n) is 11.8. The van der Waals surface area contributed by atoms with E-state index in [-0.39, 0.29) is 0 Å². The van der Waals surface area contributed by atoms with Crippen LogP contribution in [0.1, 0.15) is 5.56 Å². The van der Waals surface area contributed by atoms with Gasteiger partial charge in [0.1, 0.15) is 5.75 Å². The number of hydrogen-bond donors (Lipinski definition) is 0. The molecule has 3 heteroatoms. The fraction of sp³-hybridized carbons (Fsp3) is 0.0526. The first-order chi connectivity index (χ1) is 10.9. The highest BCUT2D eigenvalue weighted by molar-refractivity contribution is 8.17. The van der Waals surface area contributed by atoms with Gasteiger partial charge in [0.2, 0.25) is 4.27 Å². The highest BCUT2D eigenvalue weighted by Crippen LogP contribution is 2.60. The molecule has 22 heavy (non-hydrogen) atoms. The molecule has 1 aliphatic heterocycles. The number of thioether (sulfide) groups is 2. The summed E-state index contributed by atoms with van der Waals surface area (Å²) in [6, 6.07) is 29.1. The molecule has 108 valence electrons. The lowest BCUT2D eigenvalue weighted by Gasteiger charge is -2.27. The molecule has 0 saturated heterocycles. The first kappa shape index (κ1) is 13.8. The smallest absolute Gasteiger partial charge is 0.236 e. The lowest BCUT2D eigenvalue weighted by Crippen LogP contribution is -2.21. The van der Waals surface area contributed by atoms with Gasteiger partial charge in [-0.2, -0.15) is 0 Å². The van der Waals surface area contributed by atoms with Crippen LogP contribution in [0.5, 0.6) is 5.75 Å². The third-order valence-corrected chi connectivity index (χ3v) is 6.20. The molecule has 3 aromatic rings. The Balaban J connectivity index is 1.77. The van der Waals surface area contributed by atoms with Crippen LogP contribution in [0, 0.1) is 0 Å². The average Bonchev–Trinajstić information content (AvgIpc) is 2.96. The average molecular weight is 322 g/mol. The Morgan fingerprint density at radius 2 is 1.36 bits per heavy atom. The lowest BCUT2D eigenvalue weighted by atomic mass is 10.2. The van der Waals surface area contributed by atoms with Gasteiger partial charge < -0.3 is 4.74 Å². The summed E-state index contributed by atoms with van der Waals surface area (Å²) in [7, 11) is 0. The molecule has 0 aliphatic carbocycles. The topological polar surface area (TPSA) is 9.23 Å². The van der Waals surface area contributed by atoms with E-state index in [4.69, 9.17) is 4.74 Å². The summed E-state index contributed by atoms with van der Waals surface area (Å²) < 4.78 is 5.94. The normalized spacial score (nSPS) is 19.5. The van der Waals surface area contributed by atoms with Crippen LogP contribution in [0.2, 0.25) is 0 Å². The molecule has 1 heterocycles. The molecule has 1 atom stereocenters. The Morgan fingerprint density at radius 1 is 0.727 bits per heavy atom. The van der Waals surface area contributed by atoms with E-state index < -0.39 is 4.27 Å². The van der Waals surface area contributed by atoms with Crippen LogP contribution in [-0.4, -0.2) is 0 Å². The minimum Gasteiger partial charge on any atom is -0.461 e. The molecule has 0 bridgehead atoms. The zero-order valence-corrected chi connectivity index (χ0v) is 13.4. The van der Waals surface area contributed by atoms with Crippen LogP contribution in [-0.2, 0) is 4.27 Å². The van der Waals surface area contributed by atoms with Crippen LogP contribution >= 0.6 is 23.5 Å². The summed E-state index contributed by atoms with van der Waals surface area (Å²) in [5, 5.41) is 0. The summed E-state index contributed by atoms with van der Waals surface area (Å²) in [6.45, 7) is 0. The van der Waals surface area contributed by atoms with E-state index >= 15 is 0 Å². The van der Waals surface area contributed by atoms with Crippen molar-refractivity contribution in [1.82, 2.24) is 0 Å². The highest BCUT2D eigenvalue weighted by Gasteiger charge is 2.43. The second kappa shape index (κ2) is 5.75. The second-order valence-corrected chi connectivity index (χ2v) is 7.72. The molecular formula is C19H14OS2. The Labute approximate surface area is 138 Å². The van der Waals surface area contributed by atoms with E-state index in [0.29, 0.717) is 0 Å². The zero-order chi connectivity index (χ0) is 14.8. The van der Waals surface area contributed by atoms with Gasteiger partial charge in [0.15, 0.2) is 0 Å². The maximum Gasteiger partial charge on any atom is 0.236 e. The van der Waals surface area contributed by atoms with Crippen molar-refractivity contribution < 1.29 is 4.74 Å². The van der Waals surface area contributed by atoms with Crippen molar-refractivity contribution in [3.8, 4) is 5.75 Å². The van der Waals surface area contributed by atoms with Crippen molar-refractivity contribution >= 4 is 23.5 Å². The number of fused-ring (bicyclic) bond motifs is 1. The summed E-state index contributed by atoms with van der Waals surface area (Å²) >= 11 is 3.52. The minimum absolute atomic E-state index is 0.466. The largest absolute Gasteiger partial charge is 0.461 e. The molecule has 0 N–H and O–H groups in total. The first-order valence-electron chi connectivity index (χ1n) is 7.12. The van der Waals surface area contributed by atoms with Gasteiger partial charge in [-0.3, -0.25) is 0 Å². The molecule has 0 fully saturated rings. The van der Waals surface area contributed by atoms with E-state index in [0.717, 1.165) is 5.75 Å². The molecule has 0 saturated carbocycles. The van der Waals surface area contributed by atoms with Gasteiger partial charge in [0.25, 0.3) is 0 Å². The van der Waals surface area contributed by atoms with E-state index in [1.54, 1.807) is 23.5 Å². The lowest BCUT2D eigenvalue weighted by molar-refractivity contribution is 0.269. The van der Waals surface area contributed by atoms with Gasteiger partial charge in [0.05, 0.1) is 4.90 Å². The van der Waals surface area contributed by atoms with Gasteiger partial charge in [-0.25, -0.2) is 0 Å². The molecule has 0 amide bonds. The SMILES string of the molecule is c1ccc(SC2(c3ccccc3)Oc3ccccc3S2)cc1. The van der Waals surface area contributed by atoms with Crippen LogP contribution in [0.3, 0.4) is 0 Å². The Bertz CT molecular complexity index is 747. The van der Waals surface area contributed by atoms with Crippen LogP contribution in [0.25, 0.3) is 0 Å². The van der Waals surface area contributed by atoms with Gasteiger partial charge in [0, 0.05) is 10.5 Å². The Kier molecular flexibility index (Phi) is 3.60. The quantitative estimate of drug-likeness (QED) is 0.605. The molecular weight excluding hydrogens is 308 g/mol. The van der Waals surface area contributed by atoms with Gasteiger partial charge >= 0.3 is 0 Å². The predicted octanol–water partition coefficient (Wildman–Crippen LogP) is 5.77. The third kappa shape index (κ3) is 2.51. The van der Waals surface area contributed by atoms with Gasteiger partial charge in [-0.15, -0.1) is 0 Å². The van der Waals surface area contributed by atoms with E-state index in [9.17, 15) is 0 Å². The number of benzene rings is 3. The van der Waals surface area contributed by atoms with Crippen molar-refractivity contribution in [2.45, 2.75) is 14.1 Å². The second-order valence-electron chi connectivity index (χ2n) is 4.99. The molecule has 0 radical (unpaired) electrons. The van der Waals surface area contributed by atoms with Crippen molar-refractivity contribution in [3.05, 3.63) is 90.5 Å². The van der Waals surface area contributed by atoms with Crippen LogP contribution in [0.15, 0.2) is 94.7 Å². The fourth-order valence-electron chi connectivity index (χ4n) is 2.43. The third-order valence-electron chi connectivity index (χ3n) is 3.46. The minimum atomic E-state index is -0.466. The molecule has 1 nitrogen and oxygen atoms in total. The summed E-state index contributed by atoms with van der Waals surface area (Å²) in [4.78, 5) is 2.39. The maximum atomic E-state index is 6.41. The van der Waals surface area contributed by atoms with Crippen molar-refractivity contribution in [2.75, 3.05) is 0 Å². The van der Waals surface area contributed by atoms with E-state index in [2.05, 4.69) is 60.7 Å². The molecule has 1 unspecified atom stereocenters. The fourth-order valence-corrected chi connectivity index (χ4v) is 5.18.